The average Bonchev–Trinajstić information content (AvgIpc) is 2.68. The van der Waals surface area contributed by atoms with E-state index in [0.29, 0.717) is 28.7 Å². The summed E-state index contributed by atoms with van der Waals surface area (Å²) in [6.07, 6.45) is 0.746. The molecule has 146 valence electrons. The molecule has 1 unspecified atom stereocenters. The summed E-state index contributed by atoms with van der Waals surface area (Å²) in [5, 5.41) is 19.4. The van der Waals surface area contributed by atoms with Crippen LogP contribution in [0.5, 0.6) is 11.5 Å². The zero-order chi connectivity index (χ0) is 20.1. The summed E-state index contributed by atoms with van der Waals surface area (Å²) in [5.74, 6) is 0.204. The molecule has 1 aliphatic heterocycles. The lowest BCUT2D eigenvalue weighted by Crippen LogP contribution is -2.47. The van der Waals surface area contributed by atoms with E-state index in [9.17, 15) is 9.90 Å². The summed E-state index contributed by atoms with van der Waals surface area (Å²) in [7, 11) is 1.48. The Morgan fingerprint density at radius 1 is 1.25 bits per heavy atom. The standard InChI is InChI=1S/C21H23N3O3S/c1-13-18(20(26)22-11-10-14-6-4-3-5-7-14)19(24-21(28)23-13)15-8-9-16(25)17(12-15)27-2/h3-9,12,19,25H,10-11H2,1-2H3,(H,22,26)(H2,23,24,28). The molecule has 2 aromatic rings. The van der Waals surface area contributed by atoms with Crippen molar-refractivity contribution in [1.29, 1.82) is 0 Å². The number of ether oxygens (including phenoxy) is 1. The highest BCUT2D eigenvalue weighted by Crippen LogP contribution is 2.33. The van der Waals surface area contributed by atoms with Crippen molar-refractivity contribution in [3.8, 4) is 11.5 Å². The van der Waals surface area contributed by atoms with Gasteiger partial charge in [-0.3, -0.25) is 4.79 Å². The van der Waals surface area contributed by atoms with Gasteiger partial charge in [0, 0.05) is 12.2 Å². The maximum absolute atomic E-state index is 12.9. The van der Waals surface area contributed by atoms with Crippen LogP contribution in [0.25, 0.3) is 0 Å². The van der Waals surface area contributed by atoms with Crippen molar-refractivity contribution in [2.45, 2.75) is 19.4 Å². The van der Waals surface area contributed by atoms with Crippen molar-refractivity contribution in [3.05, 3.63) is 70.9 Å². The molecule has 4 N–H and O–H groups in total. The van der Waals surface area contributed by atoms with Crippen molar-refractivity contribution in [2.75, 3.05) is 13.7 Å². The first-order valence-electron chi connectivity index (χ1n) is 8.97. The van der Waals surface area contributed by atoms with Crippen LogP contribution in [0.1, 0.15) is 24.1 Å². The van der Waals surface area contributed by atoms with Gasteiger partial charge in [0.15, 0.2) is 16.6 Å². The number of nitrogens with one attached hydrogen (secondary N) is 3. The maximum atomic E-state index is 12.9. The molecule has 0 saturated carbocycles. The Morgan fingerprint density at radius 2 is 2.00 bits per heavy atom. The fourth-order valence-electron chi connectivity index (χ4n) is 3.18. The summed E-state index contributed by atoms with van der Waals surface area (Å²) in [6.45, 7) is 2.35. The number of carbonyl (C=O) groups excluding carboxylic acids is 1. The molecule has 0 radical (unpaired) electrons. The normalized spacial score (nSPS) is 16.2. The summed E-state index contributed by atoms with van der Waals surface area (Å²) < 4.78 is 5.20. The molecule has 0 bridgehead atoms. The zero-order valence-corrected chi connectivity index (χ0v) is 16.6. The highest BCUT2D eigenvalue weighted by atomic mass is 32.1. The van der Waals surface area contributed by atoms with Crippen LogP contribution in [0.4, 0.5) is 0 Å². The largest absolute Gasteiger partial charge is 0.504 e. The van der Waals surface area contributed by atoms with Gasteiger partial charge in [0.1, 0.15) is 0 Å². The quantitative estimate of drug-likeness (QED) is 0.561. The van der Waals surface area contributed by atoms with Crippen LogP contribution in [-0.2, 0) is 11.2 Å². The second kappa shape index (κ2) is 8.75. The number of allylic oxidation sites excluding steroid dienone is 1. The van der Waals surface area contributed by atoms with Gasteiger partial charge in [-0.25, -0.2) is 0 Å². The molecule has 2 aromatic carbocycles. The fourth-order valence-corrected chi connectivity index (χ4v) is 3.45. The third-order valence-corrected chi connectivity index (χ3v) is 4.81. The highest BCUT2D eigenvalue weighted by molar-refractivity contribution is 7.80. The van der Waals surface area contributed by atoms with E-state index in [1.165, 1.54) is 7.11 Å². The minimum Gasteiger partial charge on any atom is -0.504 e. The number of amides is 1. The van der Waals surface area contributed by atoms with Gasteiger partial charge in [0.2, 0.25) is 0 Å². The average molecular weight is 398 g/mol. The third-order valence-electron chi connectivity index (χ3n) is 4.59. The van der Waals surface area contributed by atoms with Crippen molar-refractivity contribution < 1.29 is 14.6 Å². The van der Waals surface area contributed by atoms with Crippen LogP contribution >= 0.6 is 12.2 Å². The predicted molar refractivity (Wildman–Crippen MR) is 112 cm³/mol. The lowest BCUT2D eigenvalue weighted by atomic mass is 9.94. The molecule has 6 nitrogen and oxygen atoms in total. The summed E-state index contributed by atoms with van der Waals surface area (Å²) in [4.78, 5) is 12.9. The summed E-state index contributed by atoms with van der Waals surface area (Å²) >= 11 is 5.27. The molecule has 7 heteroatoms. The van der Waals surface area contributed by atoms with Crippen molar-refractivity contribution in [2.24, 2.45) is 0 Å². The van der Waals surface area contributed by atoms with Gasteiger partial charge in [-0.2, -0.15) is 0 Å². The number of rotatable bonds is 6. The lowest BCUT2D eigenvalue weighted by Gasteiger charge is -2.30. The Balaban J connectivity index is 1.80. The van der Waals surface area contributed by atoms with Gasteiger partial charge >= 0.3 is 0 Å². The van der Waals surface area contributed by atoms with Gasteiger partial charge in [0.05, 0.1) is 18.7 Å². The van der Waals surface area contributed by atoms with Crippen LogP contribution in [0.3, 0.4) is 0 Å². The Bertz CT molecular complexity index is 912. The summed E-state index contributed by atoms with van der Waals surface area (Å²) in [5.41, 5.74) is 3.17. The summed E-state index contributed by atoms with van der Waals surface area (Å²) in [6, 6.07) is 14.5. The monoisotopic (exact) mass is 397 g/mol. The number of aromatic hydroxyl groups is 1. The molecule has 0 spiro atoms. The fraction of sp³-hybridized carbons (Fsp3) is 0.238. The molecular weight excluding hydrogens is 374 g/mol. The SMILES string of the molecule is COc1cc(C2NC(=S)NC(C)=C2C(=O)NCCc2ccccc2)ccc1O. The van der Waals surface area contributed by atoms with E-state index in [0.717, 1.165) is 17.5 Å². The van der Waals surface area contributed by atoms with Gasteiger partial charge in [-0.1, -0.05) is 36.4 Å². The van der Waals surface area contributed by atoms with Gasteiger partial charge < -0.3 is 25.8 Å². The number of phenols is 1. The van der Waals surface area contributed by atoms with Gasteiger partial charge in [-0.15, -0.1) is 0 Å². The van der Waals surface area contributed by atoms with Crippen LogP contribution in [0.2, 0.25) is 0 Å². The van der Waals surface area contributed by atoms with Crippen LogP contribution < -0.4 is 20.7 Å². The van der Waals surface area contributed by atoms with Crippen LogP contribution in [-0.4, -0.2) is 29.8 Å². The van der Waals surface area contributed by atoms with E-state index in [2.05, 4.69) is 16.0 Å². The number of methoxy groups -OCH3 is 1. The lowest BCUT2D eigenvalue weighted by molar-refractivity contribution is -0.117. The number of thiocarbonyl (C=S) groups is 1. The molecule has 0 aliphatic carbocycles. The van der Waals surface area contributed by atoms with E-state index in [4.69, 9.17) is 17.0 Å². The highest BCUT2D eigenvalue weighted by Gasteiger charge is 2.30. The molecule has 1 atom stereocenters. The molecule has 1 amide bonds. The number of hydrogen-bond acceptors (Lipinski definition) is 4. The predicted octanol–water partition coefficient (Wildman–Crippen LogP) is 2.55. The van der Waals surface area contributed by atoms with Gasteiger partial charge in [-0.05, 0) is 48.8 Å². The number of phenolic OH excluding ortho intramolecular Hbond substituents is 1. The second-order valence-electron chi connectivity index (χ2n) is 6.49. The topological polar surface area (TPSA) is 82.6 Å². The van der Waals surface area contributed by atoms with E-state index < -0.39 is 6.04 Å². The smallest absolute Gasteiger partial charge is 0.251 e. The number of hydrogen-bond donors (Lipinski definition) is 4. The first kappa shape index (κ1) is 19.7. The Hall–Kier alpha value is -3.06. The van der Waals surface area contributed by atoms with Crippen LogP contribution in [0, 0.1) is 0 Å². The molecule has 1 heterocycles. The van der Waals surface area contributed by atoms with Crippen molar-refractivity contribution in [1.82, 2.24) is 16.0 Å². The van der Waals surface area contributed by atoms with Gasteiger partial charge in [0.25, 0.3) is 5.91 Å². The number of carbonyl (C=O) groups is 1. The molecule has 0 aromatic heterocycles. The minimum atomic E-state index is -0.444. The van der Waals surface area contributed by atoms with E-state index in [1.54, 1.807) is 18.2 Å². The van der Waals surface area contributed by atoms with Crippen LogP contribution in [0.15, 0.2) is 59.8 Å². The zero-order valence-electron chi connectivity index (χ0n) is 15.8. The number of benzene rings is 2. The molecule has 1 aliphatic rings. The first-order chi connectivity index (χ1) is 13.5. The Kier molecular flexibility index (Phi) is 6.16. The molecular formula is C21H23N3O3S. The van der Waals surface area contributed by atoms with E-state index in [1.807, 2.05) is 37.3 Å². The van der Waals surface area contributed by atoms with E-state index >= 15 is 0 Å². The Labute approximate surface area is 169 Å². The minimum absolute atomic E-state index is 0.0392. The molecule has 3 rings (SSSR count). The third kappa shape index (κ3) is 4.43. The van der Waals surface area contributed by atoms with Crippen molar-refractivity contribution >= 4 is 23.2 Å². The maximum Gasteiger partial charge on any atom is 0.251 e. The first-order valence-corrected chi connectivity index (χ1v) is 9.37. The molecule has 28 heavy (non-hydrogen) atoms. The molecule has 0 saturated heterocycles. The molecule has 0 fully saturated rings. The van der Waals surface area contributed by atoms with E-state index in [-0.39, 0.29) is 11.7 Å². The van der Waals surface area contributed by atoms with Crippen molar-refractivity contribution in [3.63, 3.8) is 0 Å². The second-order valence-corrected chi connectivity index (χ2v) is 6.90. The Morgan fingerprint density at radius 3 is 2.71 bits per heavy atom.